The molecule has 0 spiro atoms. The maximum Gasteiger partial charge on any atom is 0.315 e. The van der Waals surface area contributed by atoms with E-state index in [1.807, 2.05) is 20.8 Å². The minimum Gasteiger partial charge on any atom is -0.349 e. The van der Waals surface area contributed by atoms with E-state index in [1.165, 1.54) is 0 Å². The highest BCUT2D eigenvalue weighted by Crippen LogP contribution is 2.65. The van der Waals surface area contributed by atoms with Gasteiger partial charge in [0.2, 0.25) is 17.6 Å². The van der Waals surface area contributed by atoms with Crippen LogP contribution in [0.3, 0.4) is 0 Å². The van der Waals surface area contributed by atoms with Gasteiger partial charge in [-0.3, -0.25) is 19.2 Å². The van der Waals surface area contributed by atoms with Crippen molar-refractivity contribution in [1.29, 1.82) is 0 Å². The number of sulfone groups is 1. The molecule has 0 aromatic heterocycles. The molecule has 5 aliphatic rings. The second-order valence-corrected chi connectivity index (χ2v) is 19.1. The average Bonchev–Trinajstić information content (AvgIpc) is 3.38. The number of Topliss-reactive ketones (excluding diaryl/α,β-unsaturated/α-hetero) is 1. The lowest BCUT2D eigenvalue weighted by atomic mass is 9.70. The summed E-state index contributed by atoms with van der Waals surface area (Å²) in [6, 6.07) is -3.30. The molecule has 0 aromatic carbocycles. The molecular weight excluding hydrogens is 659 g/mol. The first-order valence-corrected chi connectivity index (χ1v) is 21.1. The van der Waals surface area contributed by atoms with Gasteiger partial charge in [0.1, 0.15) is 12.1 Å². The Balaban J connectivity index is 1.40. The summed E-state index contributed by atoms with van der Waals surface area (Å²) in [5.74, 6) is -2.09. The van der Waals surface area contributed by atoms with Crippen LogP contribution in [0.4, 0.5) is 4.79 Å². The van der Waals surface area contributed by atoms with Crippen molar-refractivity contribution in [2.24, 2.45) is 22.7 Å². The molecule has 5 amide bonds. The monoisotopic (exact) mass is 719 g/mol. The first kappa shape index (κ1) is 38.5. The number of carbonyl (C=O) groups excluding carboxylic acids is 5. The number of piperidine rings is 1. The number of urea groups is 1. The molecule has 12 nitrogen and oxygen atoms in total. The highest BCUT2D eigenvalue weighted by molar-refractivity contribution is 7.92. The molecule has 50 heavy (non-hydrogen) atoms. The van der Waals surface area contributed by atoms with Crippen molar-refractivity contribution in [3.05, 3.63) is 0 Å². The van der Waals surface area contributed by atoms with Gasteiger partial charge in [0.25, 0.3) is 5.91 Å². The first-order chi connectivity index (χ1) is 23.6. The van der Waals surface area contributed by atoms with E-state index in [-0.39, 0.29) is 28.9 Å². The molecular formula is C37H61N5O7S. The number of carbonyl (C=O) groups is 5. The SMILES string of the molecule is CCCNC(=O)C(=O)[C@H](CCC)NC(=O)[C@@H]1[C@@H]2[C@H](CN1C(=O)[C@@H](NC(=O)NC1([C@H]3CCCS3(=O)=O)CCCCC1)C1(C)CCCCC1)C2(C)C. The Morgan fingerprint density at radius 1 is 0.840 bits per heavy atom. The number of ketones is 1. The molecule has 6 atom stereocenters. The maximum absolute atomic E-state index is 14.9. The third kappa shape index (κ3) is 7.58. The fourth-order valence-corrected chi connectivity index (χ4v) is 12.3. The Bertz CT molecular complexity index is 1420. The zero-order chi connectivity index (χ0) is 36.5. The van der Waals surface area contributed by atoms with Crippen molar-refractivity contribution in [2.45, 2.75) is 160 Å². The minimum atomic E-state index is -3.35. The Labute approximate surface area is 298 Å². The number of hydrogen-bond donors (Lipinski definition) is 4. The van der Waals surface area contributed by atoms with Crippen LogP contribution in [-0.2, 0) is 29.0 Å². The van der Waals surface area contributed by atoms with Crippen molar-refractivity contribution in [1.82, 2.24) is 26.2 Å². The highest BCUT2D eigenvalue weighted by Gasteiger charge is 2.70. The summed E-state index contributed by atoms with van der Waals surface area (Å²) in [6.45, 7) is 10.7. The third-order valence-electron chi connectivity index (χ3n) is 13.0. The molecule has 3 saturated carbocycles. The maximum atomic E-state index is 14.9. The van der Waals surface area contributed by atoms with E-state index in [0.717, 1.165) is 51.4 Å². The van der Waals surface area contributed by atoms with E-state index in [4.69, 9.17) is 0 Å². The van der Waals surface area contributed by atoms with Gasteiger partial charge in [0.15, 0.2) is 9.84 Å². The standard InChI is InChI=1S/C37H61N5O7S/c1-6-15-25(29(43)32(45)38-21-7-2)39-31(44)28-27-24(35(27,3)4)23-42(28)33(46)30(36(5)17-10-8-11-18-36)40-34(47)41-37(19-12-9-13-20-37)26-16-14-22-50(26,48)49/h24-28,30H,6-23H2,1-5H3,(H,38,45)(H,39,44)(H2,40,41,47)/t24-,25-,26+,27-,28-,30+/m0/s1. The van der Waals surface area contributed by atoms with Crippen molar-refractivity contribution in [3.8, 4) is 0 Å². The molecule has 4 N–H and O–H groups in total. The number of amides is 5. The quantitative estimate of drug-likeness (QED) is 0.210. The third-order valence-corrected chi connectivity index (χ3v) is 15.4. The van der Waals surface area contributed by atoms with Crippen LogP contribution in [0.5, 0.6) is 0 Å². The van der Waals surface area contributed by atoms with Gasteiger partial charge in [-0.05, 0) is 74.0 Å². The lowest BCUT2D eigenvalue weighted by molar-refractivity contribution is -0.146. The number of nitrogens with one attached hydrogen (secondary N) is 4. The van der Waals surface area contributed by atoms with Gasteiger partial charge in [-0.1, -0.05) is 79.6 Å². The van der Waals surface area contributed by atoms with Crippen LogP contribution in [0.15, 0.2) is 0 Å². The van der Waals surface area contributed by atoms with Crippen LogP contribution in [0.1, 0.15) is 131 Å². The van der Waals surface area contributed by atoms with E-state index in [9.17, 15) is 32.4 Å². The van der Waals surface area contributed by atoms with Crippen LogP contribution < -0.4 is 21.3 Å². The fourth-order valence-electron chi connectivity index (χ4n) is 9.97. The van der Waals surface area contributed by atoms with Gasteiger partial charge in [-0.15, -0.1) is 0 Å². The summed E-state index contributed by atoms with van der Waals surface area (Å²) < 4.78 is 26.3. The van der Waals surface area contributed by atoms with Crippen molar-refractivity contribution < 1.29 is 32.4 Å². The van der Waals surface area contributed by atoms with Gasteiger partial charge < -0.3 is 26.2 Å². The van der Waals surface area contributed by atoms with E-state index in [2.05, 4.69) is 35.1 Å². The lowest BCUT2D eigenvalue weighted by Gasteiger charge is -2.45. The molecule has 5 rings (SSSR count). The highest BCUT2D eigenvalue weighted by atomic mass is 32.2. The van der Waals surface area contributed by atoms with Crippen molar-refractivity contribution in [2.75, 3.05) is 18.8 Å². The molecule has 0 aromatic rings. The number of hydrogen-bond acceptors (Lipinski definition) is 7. The summed E-state index contributed by atoms with van der Waals surface area (Å²) in [4.78, 5) is 70.5. The van der Waals surface area contributed by atoms with Gasteiger partial charge in [0, 0.05) is 13.1 Å². The largest absolute Gasteiger partial charge is 0.349 e. The van der Waals surface area contributed by atoms with Gasteiger partial charge in [-0.2, -0.15) is 0 Å². The topological polar surface area (TPSA) is 171 Å². The van der Waals surface area contributed by atoms with Crippen LogP contribution in [-0.4, -0.2) is 90.6 Å². The fraction of sp³-hybridized carbons (Fsp3) is 0.865. The Morgan fingerprint density at radius 3 is 2.06 bits per heavy atom. The zero-order valence-electron chi connectivity index (χ0n) is 30.9. The molecule has 13 heteroatoms. The lowest BCUT2D eigenvalue weighted by Crippen LogP contribution is -2.66. The second-order valence-electron chi connectivity index (χ2n) is 16.8. The minimum absolute atomic E-state index is 0.0853. The van der Waals surface area contributed by atoms with Crippen LogP contribution in [0.25, 0.3) is 0 Å². The molecule has 0 bridgehead atoms. The normalized spacial score (nSPS) is 29.9. The second kappa shape index (κ2) is 15.1. The predicted molar refractivity (Wildman–Crippen MR) is 191 cm³/mol. The molecule has 2 heterocycles. The van der Waals surface area contributed by atoms with E-state index < -0.39 is 67.8 Å². The van der Waals surface area contributed by atoms with Gasteiger partial charge in [0.05, 0.1) is 22.6 Å². The summed E-state index contributed by atoms with van der Waals surface area (Å²) in [7, 11) is -3.35. The molecule has 2 aliphatic heterocycles. The van der Waals surface area contributed by atoms with Crippen LogP contribution in [0, 0.1) is 22.7 Å². The van der Waals surface area contributed by atoms with E-state index in [0.29, 0.717) is 58.0 Å². The summed E-state index contributed by atoms with van der Waals surface area (Å²) >= 11 is 0. The zero-order valence-corrected chi connectivity index (χ0v) is 31.7. The number of rotatable bonds is 13. The van der Waals surface area contributed by atoms with Crippen LogP contribution >= 0.6 is 0 Å². The van der Waals surface area contributed by atoms with Crippen molar-refractivity contribution in [3.63, 3.8) is 0 Å². The Kier molecular flexibility index (Phi) is 11.6. The summed E-state index contributed by atoms with van der Waals surface area (Å²) in [6.07, 6.45) is 10.8. The summed E-state index contributed by atoms with van der Waals surface area (Å²) in [5, 5.41) is 11.1. The molecule has 0 unspecified atom stereocenters. The molecule has 3 aliphatic carbocycles. The molecule has 282 valence electrons. The predicted octanol–water partition coefficient (Wildman–Crippen LogP) is 3.77. The number of likely N-dealkylation sites (tertiary alicyclic amines) is 1. The van der Waals surface area contributed by atoms with Crippen molar-refractivity contribution >= 4 is 39.4 Å². The van der Waals surface area contributed by atoms with E-state index in [1.54, 1.807) is 4.90 Å². The van der Waals surface area contributed by atoms with Gasteiger partial charge >= 0.3 is 6.03 Å². The first-order valence-electron chi connectivity index (χ1n) is 19.3. The molecule has 5 fully saturated rings. The Hall–Kier alpha value is -2.70. The number of fused-ring (bicyclic) bond motifs is 1. The molecule has 0 radical (unpaired) electrons. The Morgan fingerprint density at radius 2 is 1.48 bits per heavy atom. The molecule has 2 saturated heterocycles. The van der Waals surface area contributed by atoms with Gasteiger partial charge in [-0.25, -0.2) is 13.2 Å². The average molecular weight is 720 g/mol. The smallest absolute Gasteiger partial charge is 0.315 e. The summed E-state index contributed by atoms with van der Waals surface area (Å²) in [5.41, 5.74) is -1.62. The van der Waals surface area contributed by atoms with E-state index >= 15 is 0 Å². The van der Waals surface area contributed by atoms with Crippen LogP contribution in [0.2, 0.25) is 0 Å². The number of nitrogens with zero attached hydrogens (tertiary/aromatic N) is 1.